The van der Waals surface area contributed by atoms with E-state index in [0.29, 0.717) is 5.02 Å². The summed E-state index contributed by atoms with van der Waals surface area (Å²) in [5.74, 6) is -1.30. The van der Waals surface area contributed by atoms with Gasteiger partial charge in [-0.05, 0) is 23.8 Å². The summed E-state index contributed by atoms with van der Waals surface area (Å²) >= 11 is 7.40. The number of esters is 1. The number of amides is 1. The Morgan fingerprint density at radius 1 is 1.11 bits per heavy atom. The molecule has 1 aromatic heterocycles. The largest absolute Gasteiger partial charge is 0.460 e. The summed E-state index contributed by atoms with van der Waals surface area (Å²) in [6, 6.07) is 11.7. The standard InChI is InChI=1S/C19H13ClF3NO3S/c20-16-13-6-1-2-7-14(13)28-17(16)18(26)24-9-15(25)27-10-11-4-3-5-12(8-11)19(21,22)23/h1-8H,9-10H2,(H,24,26). The summed E-state index contributed by atoms with van der Waals surface area (Å²) in [4.78, 5) is 24.3. The van der Waals surface area contributed by atoms with Gasteiger partial charge in [-0.2, -0.15) is 13.2 Å². The molecule has 0 atom stereocenters. The number of fused-ring (bicyclic) bond motifs is 1. The number of nitrogens with one attached hydrogen (secondary N) is 1. The van der Waals surface area contributed by atoms with Crippen molar-refractivity contribution in [3.63, 3.8) is 0 Å². The van der Waals surface area contributed by atoms with Crippen molar-refractivity contribution < 1.29 is 27.5 Å². The highest BCUT2D eigenvalue weighted by atomic mass is 35.5. The summed E-state index contributed by atoms with van der Waals surface area (Å²) in [6.45, 7) is -0.759. The fraction of sp³-hybridized carbons (Fsp3) is 0.158. The fourth-order valence-electron chi connectivity index (χ4n) is 2.45. The molecule has 0 fully saturated rings. The highest BCUT2D eigenvalue weighted by Gasteiger charge is 2.30. The molecule has 9 heteroatoms. The molecule has 0 aliphatic carbocycles. The summed E-state index contributed by atoms with van der Waals surface area (Å²) in [6.07, 6.45) is -4.47. The second-order valence-electron chi connectivity index (χ2n) is 5.78. The quantitative estimate of drug-likeness (QED) is 0.580. The number of hydrogen-bond acceptors (Lipinski definition) is 4. The Balaban J connectivity index is 1.55. The molecule has 0 aliphatic rings. The Morgan fingerprint density at radius 3 is 2.57 bits per heavy atom. The molecule has 3 rings (SSSR count). The smallest absolute Gasteiger partial charge is 0.416 e. The lowest BCUT2D eigenvalue weighted by Gasteiger charge is -2.09. The third-order valence-corrected chi connectivity index (χ3v) is 5.46. The van der Waals surface area contributed by atoms with Gasteiger partial charge in [-0.25, -0.2) is 0 Å². The van der Waals surface area contributed by atoms with Gasteiger partial charge in [0.05, 0.1) is 10.6 Å². The van der Waals surface area contributed by atoms with Crippen LogP contribution in [-0.4, -0.2) is 18.4 Å². The molecular weight excluding hydrogens is 415 g/mol. The molecule has 0 unspecified atom stereocenters. The van der Waals surface area contributed by atoms with E-state index in [1.807, 2.05) is 12.1 Å². The third-order valence-electron chi connectivity index (χ3n) is 3.79. The van der Waals surface area contributed by atoms with Crippen LogP contribution in [0.4, 0.5) is 13.2 Å². The van der Waals surface area contributed by atoms with Gasteiger partial charge in [0, 0.05) is 10.1 Å². The van der Waals surface area contributed by atoms with E-state index in [1.54, 1.807) is 12.1 Å². The number of alkyl halides is 3. The lowest BCUT2D eigenvalue weighted by atomic mass is 10.1. The van der Waals surface area contributed by atoms with Crippen molar-refractivity contribution in [2.45, 2.75) is 12.8 Å². The first-order valence-electron chi connectivity index (χ1n) is 8.02. The van der Waals surface area contributed by atoms with E-state index in [9.17, 15) is 22.8 Å². The Kier molecular flexibility index (Phi) is 5.90. The molecule has 2 aromatic carbocycles. The molecule has 0 radical (unpaired) electrons. The molecule has 0 spiro atoms. The average molecular weight is 428 g/mol. The van der Waals surface area contributed by atoms with Gasteiger partial charge >= 0.3 is 12.1 Å². The van der Waals surface area contributed by atoms with Crippen LogP contribution in [0.15, 0.2) is 48.5 Å². The van der Waals surface area contributed by atoms with Gasteiger partial charge in [0.25, 0.3) is 5.91 Å². The minimum absolute atomic E-state index is 0.196. The van der Waals surface area contributed by atoms with Gasteiger partial charge in [0.2, 0.25) is 0 Å². The number of carbonyl (C=O) groups excluding carboxylic acids is 2. The maximum Gasteiger partial charge on any atom is 0.416 e. The van der Waals surface area contributed by atoms with E-state index < -0.39 is 30.2 Å². The van der Waals surface area contributed by atoms with E-state index in [0.717, 1.165) is 22.2 Å². The van der Waals surface area contributed by atoms with Gasteiger partial charge in [-0.15, -0.1) is 11.3 Å². The lowest BCUT2D eigenvalue weighted by Crippen LogP contribution is -2.30. The zero-order valence-electron chi connectivity index (χ0n) is 14.2. The Morgan fingerprint density at radius 2 is 1.86 bits per heavy atom. The number of ether oxygens (including phenoxy) is 1. The van der Waals surface area contributed by atoms with E-state index in [2.05, 4.69) is 5.32 Å². The van der Waals surface area contributed by atoms with Crippen LogP contribution in [0.25, 0.3) is 10.1 Å². The topological polar surface area (TPSA) is 55.4 Å². The van der Waals surface area contributed by atoms with Gasteiger partial charge in [0.15, 0.2) is 0 Å². The molecule has 1 heterocycles. The average Bonchev–Trinajstić information content (AvgIpc) is 3.01. The number of rotatable bonds is 5. The maximum atomic E-state index is 12.7. The highest BCUT2D eigenvalue weighted by Crippen LogP contribution is 2.35. The number of benzene rings is 2. The molecule has 0 saturated carbocycles. The molecule has 3 aromatic rings. The second kappa shape index (κ2) is 8.20. The van der Waals surface area contributed by atoms with Crippen LogP contribution in [-0.2, 0) is 22.3 Å². The van der Waals surface area contributed by atoms with Crippen LogP contribution in [0.5, 0.6) is 0 Å². The van der Waals surface area contributed by atoms with Crippen LogP contribution in [0.3, 0.4) is 0 Å². The van der Waals surface area contributed by atoms with E-state index in [-0.39, 0.29) is 17.0 Å². The monoisotopic (exact) mass is 427 g/mol. The molecule has 0 saturated heterocycles. The third kappa shape index (κ3) is 4.63. The Bertz CT molecular complexity index is 1030. The van der Waals surface area contributed by atoms with Gasteiger partial charge in [-0.1, -0.05) is 41.9 Å². The lowest BCUT2D eigenvalue weighted by molar-refractivity contribution is -0.143. The SMILES string of the molecule is O=C(CNC(=O)c1sc2ccccc2c1Cl)OCc1cccc(C(F)(F)F)c1. The van der Waals surface area contributed by atoms with E-state index in [1.165, 1.54) is 23.5 Å². The predicted molar refractivity (Wildman–Crippen MR) is 100 cm³/mol. The van der Waals surface area contributed by atoms with Crippen molar-refractivity contribution in [3.8, 4) is 0 Å². The number of thiophene rings is 1. The van der Waals surface area contributed by atoms with Crippen molar-refractivity contribution in [1.82, 2.24) is 5.32 Å². The second-order valence-corrected chi connectivity index (χ2v) is 7.21. The molecule has 1 amide bonds. The minimum Gasteiger partial charge on any atom is -0.460 e. The van der Waals surface area contributed by atoms with E-state index >= 15 is 0 Å². The van der Waals surface area contributed by atoms with Crippen LogP contribution in [0, 0.1) is 0 Å². The van der Waals surface area contributed by atoms with Crippen molar-refractivity contribution in [3.05, 3.63) is 69.6 Å². The Hall–Kier alpha value is -2.58. The van der Waals surface area contributed by atoms with Gasteiger partial charge in [-0.3, -0.25) is 9.59 Å². The van der Waals surface area contributed by atoms with Crippen molar-refractivity contribution in [2.75, 3.05) is 6.54 Å². The number of carbonyl (C=O) groups is 2. The number of halogens is 4. The summed E-state index contributed by atoms with van der Waals surface area (Å²) in [5, 5.41) is 3.45. The zero-order chi connectivity index (χ0) is 20.3. The normalized spacial score (nSPS) is 11.4. The first-order valence-corrected chi connectivity index (χ1v) is 9.22. The summed E-state index contributed by atoms with van der Waals surface area (Å²) in [7, 11) is 0. The Labute approximate surface area is 166 Å². The van der Waals surface area contributed by atoms with Crippen LogP contribution in [0.1, 0.15) is 20.8 Å². The molecule has 1 N–H and O–H groups in total. The maximum absolute atomic E-state index is 12.7. The first kappa shape index (κ1) is 20.2. The van der Waals surface area contributed by atoms with Gasteiger partial charge in [0.1, 0.15) is 18.0 Å². The molecule has 0 aliphatic heterocycles. The minimum atomic E-state index is -4.47. The predicted octanol–water partition coefficient (Wildman–Crippen LogP) is 5.05. The van der Waals surface area contributed by atoms with Crippen molar-refractivity contribution in [2.24, 2.45) is 0 Å². The molecule has 28 heavy (non-hydrogen) atoms. The van der Waals surface area contributed by atoms with Crippen molar-refractivity contribution >= 4 is 44.9 Å². The molecular formula is C19H13ClF3NO3S. The highest BCUT2D eigenvalue weighted by molar-refractivity contribution is 7.21. The van der Waals surface area contributed by atoms with Gasteiger partial charge < -0.3 is 10.1 Å². The van der Waals surface area contributed by atoms with Crippen LogP contribution < -0.4 is 5.32 Å². The molecule has 146 valence electrons. The summed E-state index contributed by atoms with van der Waals surface area (Å²) in [5.41, 5.74) is -0.629. The number of hydrogen-bond donors (Lipinski definition) is 1. The molecule has 4 nitrogen and oxygen atoms in total. The summed E-state index contributed by atoms with van der Waals surface area (Å²) < 4.78 is 43.8. The van der Waals surface area contributed by atoms with Crippen molar-refractivity contribution in [1.29, 1.82) is 0 Å². The zero-order valence-corrected chi connectivity index (χ0v) is 15.8. The fourth-order valence-corrected chi connectivity index (χ4v) is 3.88. The van der Waals surface area contributed by atoms with Crippen LogP contribution >= 0.6 is 22.9 Å². The van der Waals surface area contributed by atoms with Crippen LogP contribution in [0.2, 0.25) is 5.02 Å². The first-order chi connectivity index (χ1) is 13.3. The molecule has 0 bridgehead atoms. The van der Waals surface area contributed by atoms with E-state index in [4.69, 9.17) is 16.3 Å².